The number of fused-ring (bicyclic) bond motifs is 1. The monoisotopic (exact) mass is 369 g/mol. The number of aromatic nitrogens is 1. The van der Waals surface area contributed by atoms with E-state index in [9.17, 15) is 9.59 Å². The minimum Gasteiger partial charge on any atom is -0.369 e. The van der Waals surface area contributed by atoms with Crippen molar-refractivity contribution < 1.29 is 14.3 Å². The first kappa shape index (κ1) is 18.2. The third kappa shape index (κ3) is 3.27. The highest BCUT2D eigenvalue weighted by atomic mass is 16.5. The van der Waals surface area contributed by atoms with Crippen molar-refractivity contribution in [2.75, 3.05) is 19.6 Å². The van der Waals surface area contributed by atoms with Gasteiger partial charge in [-0.15, -0.1) is 6.58 Å². The fourth-order valence-corrected chi connectivity index (χ4v) is 4.95. The van der Waals surface area contributed by atoms with E-state index in [1.807, 2.05) is 17.9 Å². The maximum Gasteiger partial charge on any atom is 0.252 e. The van der Waals surface area contributed by atoms with Gasteiger partial charge in [0.05, 0.1) is 23.8 Å². The molecule has 0 unspecified atom stereocenters. The Hall–Kier alpha value is -2.21. The number of ether oxygens (including phenoxy) is 1. The smallest absolute Gasteiger partial charge is 0.252 e. The molecule has 1 aromatic heterocycles. The van der Waals surface area contributed by atoms with Gasteiger partial charge in [0.1, 0.15) is 0 Å². The molecule has 2 amide bonds. The van der Waals surface area contributed by atoms with Gasteiger partial charge in [0, 0.05) is 43.2 Å². The zero-order valence-electron chi connectivity index (χ0n) is 15.8. The quantitative estimate of drug-likeness (QED) is 0.780. The van der Waals surface area contributed by atoms with Crippen LogP contribution in [-0.2, 0) is 9.53 Å². The van der Waals surface area contributed by atoms with Crippen molar-refractivity contribution in [1.29, 1.82) is 0 Å². The molecule has 0 aliphatic carbocycles. The van der Waals surface area contributed by atoms with Gasteiger partial charge in [0.2, 0.25) is 5.91 Å². The summed E-state index contributed by atoms with van der Waals surface area (Å²) in [6, 6.07) is 3.64. The predicted molar refractivity (Wildman–Crippen MR) is 101 cm³/mol. The van der Waals surface area contributed by atoms with E-state index in [1.165, 1.54) is 0 Å². The van der Waals surface area contributed by atoms with Gasteiger partial charge in [-0.05, 0) is 38.3 Å². The van der Waals surface area contributed by atoms with Crippen molar-refractivity contribution in [1.82, 2.24) is 15.2 Å². The molecule has 6 nitrogen and oxygen atoms in total. The molecule has 1 aromatic rings. The second kappa shape index (κ2) is 7.08. The van der Waals surface area contributed by atoms with Crippen LogP contribution in [0.3, 0.4) is 0 Å². The van der Waals surface area contributed by atoms with Gasteiger partial charge >= 0.3 is 0 Å². The highest BCUT2D eigenvalue weighted by molar-refractivity contribution is 5.93. The van der Waals surface area contributed by atoms with Gasteiger partial charge in [-0.3, -0.25) is 14.6 Å². The number of pyridine rings is 1. The maximum atomic E-state index is 12.4. The van der Waals surface area contributed by atoms with E-state index in [0.717, 1.165) is 25.1 Å². The number of carbonyl (C=O) groups is 2. The van der Waals surface area contributed by atoms with Crippen LogP contribution < -0.4 is 5.32 Å². The minimum absolute atomic E-state index is 0.101. The number of nitrogens with one attached hydrogen (secondary N) is 1. The molecule has 4 atom stereocenters. The molecule has 144 valence electrons. The molecule has 1 spiro atoms. The summed E-state index contributed by atoms with van der Waals surface area (Å²) >= 11 is 0. The van der Waals surface area contributed by atoms with Crippen LogP contribution in [0, 0.1) is 18.8 Å². The largest absolute Gasteiger partial charge is 0.369 e. The highest BCUT2D eigenvalue weighted by Crippen LogP contribution is 2.54. The third-order valence-electron chi connectivity index (χ3n) is 6.37. The summed E-state index contributed by atoms with van der Waals surface area (Å²) < 4.78 is 6.36. The molecule has 3 saturated heterocycles. The van der Waals surface area contributed by atoms with Crippen molar-refractivity contribution >= 4 is 11.8 Å². The average Bonchev–Trinajstić information content (AvgIpc) is 3.33. The van der Waals surface area contributed by atoms with Gasteiger partial charge in [-0.1, -0.05) is 6.08 Å². The Morgan fingerprint density at radius 3 is 3.07 bits per heavy atom. The average molecular weight is 369 g/mol. The van der Waals surface area contributed by atoms with E-state index in [2.05, 4.69) is 16.9 Å². The lowest BCUT2D eigenvalue weighted by Crippen LogP contribution is -2.41. The highest BCUT2D eigenvalue weighted by Gasteiger charge is 2.63. The number of carbonyl (C=O) groups excluding carboxylic acids is 2. The molecule has 6 heteroatoms. The van der Waals surface area contributed by atoms with Gasteiger partial charge < -0.3 is 15.0 Å². The van der Waals surface area contributed by atoms with Crippen LogP contribution in [0.1, 0.15) is 41.7 Å². The van der Waals surface area contributed by atoms with E-state index < -0.39 is 0 Å². The summed E-state index contributed by atoms with van der Waals surface area (Å²) in [5.74, 6) is 0.647. The topological polar surface area (TPSA) is 71.5 Å². The first-order chi connectivity index (χ1) is 13.0. The van der Waals surface area contributed by atoms with E-state index in [-0.39, 0.29) is 29.4 Å². The van der Waals surface area contributed by atoms with Crippen LogP contribution in [0.25, 0.3) is 0 Å². The van der Waals surface area contributed by atoms with Crippen molar-refractivity contribution in [2.24, 2.45) is 11.8 Å². The van der Waals surface area contributed by atoms with Crippen LogP contribution in [0.4, 0.5) is 0 Å². The molecule has 27 heavy (non-hydrogen) atoms. The summed E-state index contributed by atoms with van der Waals surface area (Å²) in [5.41, 5.74) is 1.27. The first-order valence-electron chi connectivity index (χ1n) is 9.80. The summed E-state index contributed by atoms with van der Waals surface area (Å²) in [6.07, 6.45) is 6.83. The summed E-state index contributed by atoms with van der Waals surface area (Å²) in [6.45, 7) is 7.60. The molecule has 1 N–H and O–H groups in total. The Morgan fingerprint density at radius 2 is 2.33 bits per heavy atom. The lowest BCUT2D eigenvalue weighted by Gasteiger charge is -2.29. The van der Waals surface area contributed by atoms with Crippen molar-refractivity contribution in [3.8, 4) is 0 Å². The Kier molecular flexibility index (Phi) is 4.76. The first-order valence-corrected chi connectivity index (χ1v) is 9.80. The molecule has 3 aliphatic heterocycles. The molecule has 0 radical (unpaired) electrons. The van der Waals surface area contributed by atoms with E-state index >= 15 is 0 Å². The summed E-state index contributed by atoms with van der Waals surface area (Å²) in [7, 11) is 0. The summed E-state index contributed by atoms with van der Waals surface area (Å²) in [4.78, 5) is 31.0. The van der Waals surface area contributed by atoms with E-state index in [1.54, 1.807) is 18.3 Å². The van der Waals surface area contributed by atoms with Crippen LogP contribution in [0.15, 0.2) is 31.0 Å². The summed E-state index contributed by atoms with van der Waals surface area (Å²) in [5, 5.41) is 3.06. The van der Waals surface area contributed by atoms with Gasteiger partial charge in [0.15, 0.2) is 0 Å². The standard InChI is InChI=1S/C21H27N3O3/c1-3-4-5-19(25)24-12-17-16(18-8-9-21(17,13-24)27-18)11-23-20(26)15-7-6-14(2)22-10-15/h3,6-7,10,16-18H,1,4-5,8-9,11-13H2,2H3,(H,23,26)/t16-,17+,18+,21+/m0/s1. The number of nitrogens with zero attached hydrogens (tertiary/aromatic N) is 2. The second-order valence-electron chi connectivity index (χ2n) is 8.03. The van der Waals surface area contributed by atoms with Crippen LogP contribution in [0.2, 0.25) is 0 Å². The molecular weight excluding hydrogens is 342 g/mol. The zero-order valence-corrected chi connectivity index (χ0v) is 15.8. The Morgan fingerprint density at radius 1 is 1.48 bits per heavy atom. The SMILES string of the molecule is C=CCCC(=O)N1C[C@@H]2[C@H](CNC(=O)c3ccc(C)nc3)[C@H]3CC[C@]2(C1)O3. The molecule has 4 rings (SSSR count). The number of hydrogen-bond acceptors (Lipinski definition) is 4. The predicted octanol–water partition coefficient (Wildman–Crippen LogP) is 2.09. The number of likely N-dealkylation sites (tertiary alicyclic amines) is 1. The molecule has 0 aromatic carbocycles. The van der Waals surface area contributed by atoms with Crippen LogP contribution >= 0.6 is 0 Å². The van der Waals surface area contributed by atoms with Gasteiger partial charge in [-0.25, -0.2) is 0 Å². The van der Waals surface area contributed by atoms with E-state index in [4.69, 9.17) is 4.74 Å². The molecule has 3 aliphatic rings. The Labute approximate surface area is 160 Å². The number of amides is 2. The van der Waals surface area contributed by atoms with Crippen molar-refractivity contribution in [3.05, 3.63) is 42.2 Å². The lowest BCUT2D eigenvalue weighted by molar-refractivity contribution is -0.131. The van der Waals surface area contributed by atoms with Gasteiger partial charge in [-0.2, -0.15) is 0 Å². The Balaban J connectivity index is 1.39. The zero-order chi connectivity index (χ0) is 19.0. The molecular formula is C21H27N3O3. The maximum absolute atomic E-state index is 12.4. The van der Waals surface area contributed by atoms with Crippen molar-refractivity contribution in [3.63, 3.8) is 0 Å². The van der Waals surface area contributed by atoms with Crippen LogP contribution in [-0.4, -0.2) is 53.0 Å². The van der Waals surface area contributed by atoms with Crippen LogP contribution in [0.5, 0.6) is 0 Å². The fraction of sp³-hybridized carbons (Fsp3) is 0.571. The number of allylic oxidation sites excluding steroid dienone is 1. The minimum atomic E-state index is -0.199. The number of rotatable bonds is 6. The van der Waals surface area contributed by atoms with E-state index in [0.29, 0.717) is 37.4 Å². The normalized spacial score (nSPS) is 31.0. The Bertz CT molecular complexity index is 748. The number of aryl methyl sites for hydroxylation is 1. The molecule has 3 fully saturated rings. The lowest BCUT2D eigenvalue weighted by atomic mass is 9.73. The molecule has 4 heterocycles. The second-order valence-corrected chi connectivity index (χ2v) is 8.03. The number of hydrogen-bond donors (Lipinski definition) is 1. The fourth-order valence-electron chi connectivity index (χ4n) is 4.95. The van der Waals surface area contributed by atoms with Gasteiger partial charge in [0.25, 0.3) is 5.91 Å². The van der Waals surface area contributed by atoms with Crippen molar-refractivity contribution in [2.45, 2.75) is 44.3 Å². The third-order valence-corrected chi connectivity index (χ3v) is 6.37. The molecule has 2 bridgehead atoms. The molecule has 0 saturated carbocycles.